The van der Waals surface area contributed by atoms with E-state index in [1.165, 1.54) is 0 Å². The number of alkyl halides is 6. The van der Waals surface area contributed by atoms with Gasteiger partial charge in [-0.25, -0.2) is 14.6 Å². The highest BCUT2D eigenvalue weighted by molar-refractivity contribution is 5.73. The van der Waals surface area contributed by atoms with Crippen molar-refractivity contribution in [3.63, 3.8) is 0 Å². The Hall–Kier alpha value is -2.69. The van der Waals surface area contributed by atoms with Crippen LogP contribution in [0, 0.1) is 0 Å². The predicted molar refractivity (Wildman–Crippen MR) is 117 cm³/mol. The number of likely N-dealkylation sites (N-methyl/N-ethyl adjacent to an activating group) is 1. The highest BCUT2D eigenvalue weighted by atomic mass is 19.4. The van der Waals surface area contributed by atoms with E-state index in [-0.39, 0.29) is 0 Å². The summed E-state index contributed by atoms with van der Waals surface area (Å²) in [5.74, 6) is -4.78. The maximum atomic E-state index is 10.6. The number of morpholine rings is 1. The molecule has 0 saturated carbocycles. The summed E-state index contributed by atoms with van der Waals surface area (Å²) in [7, 11) is 5.95. The molecule has 16 heteroatoms. The Morgan fingerprint density at radius 2 is 1.70 bits per heavy atom. The standard InChI is InChI=1S/C17H28N4O2.2C2HF3O2/c1-19(2)7-8-21-9-10-23-16-13-20(12-15(16)21)11-14-5-4-6-18-17(14)22-3;2*3-2(4,5)1(6)7/h4-6,15-16H,7-13H2,1-3H3;2*(H,6,7)/t15-,16+;;/m1../s1. The molecule has 1 aromatic heterocycles. The number of halogens is 6. The van der Waals surface area contributed by atoms with Crippen LogP contribution < -0.4 is 4.74 Å². The Balaban J connectivity index is 0.000000404. The van der Waals surface area contributed by atoms with Gasteiger partial charge in [-0.1, -0.05) is 6.07 Å². The molecule has 3 heterocycles. The van der Waals surface area contributed by atoms with Gasteiger partial charge in [-0.2, -0.15) is 26.3 Å². The first-order valence-electron chi connectivity index (χ1n) is 10.9. The minimum atomic E-state index is -5.08. The summed E-state index contributed by atoms with van der Waals surface area (Å²) in [6, 6.07) is 4.57. The fraction of sp³-hybridized carbons (Fsp3) is 0.667. The van der Waals surface area contributed by atoms with Crippen LogP contribution in [-0.4, -0.2) is 127 Å². The molecule has 0 spiro atoms. The fourth-order valence-corrected chi connectivity index (χ4v) is 3.54. The topological polar surface area (TPSA) is 116 Å². The smallest absolute Gasteiger partial charge is 0.481 e. The van der Waals surface area contributed by atoms with E-state index in [0.717, 1.165) is 57.3 Å². The molecule has 2 saturated heterocycles. The first-order chi connectivity index (χ1) is 17.1. The number of rotatable bonds is 6. The van der Waals surface area contributed by atoms with Crippen LogP contribution in [0.2, 0.25) is 0 Å². The van der Waals surface area contributed by atoms with E-state index in [1.54, 1.807) is 13.3 Å². The lowest BCUT2D eigenvalue weighted by Gasteiger charge is -2.37. The summed E-state index contributed by atoms with van der Waals surface area (Å²) in [6.45, 7) is 7.01. The number of ether oxygens (including phenoxy) is 2. The van der Waals surface area contributed by atoms with Crippen LogP contribution in [0.1, 0.15) is 5.56 Å². The van der Waals surface area contributed by atoms with Crippen LogP contribution >= 0.6 is 0 Å². The van der Waals surface area contributed by atoms with Gasteiger partial charge in [-0.3, -0.25) is 9.80 Å². The lowest BCUT2D eigenvalue weighted by atomic mass is 10.1. The molecule has 10 nitrogen and oxygen atoms in total. The van der Waals surface area contributed by atoms with Crippen molar-refractivity contribution < 1.29 is 55.6 Å². The molecule has 2 aliphatic rings. The minimum absolute atomic E-state index is 0.327. The Labute approximate surface area is 209 Å². The highest BCUT2D eigenvalue weighted by Gasteiger charge is 2.40. The fourth-order valence-electron chi connectivity index (χ4n) is 3.54. The zero-order valence-electron chi connectivity index (χ0n) is 20.4. The van der Waals surface area contributed by atoms with Crippen LogP contribution in [0.5, 0.6) is 5.88 Å². The molecule has 212 valence electrons. The van der Waals surface area contributed by atoms with Crippen molar-refractivity contribution in [1.29, 1.82) is 0 Å². The molecule has 3 rings (SSSR count). The second-order valence-corrected chi connectivity index (χ2v) is 8.29. The predicted octanol–water partition coefficient (Wildman–Crippen LogP) is 1.80. The summed E-state index contributed by atoms with van der Waals surface area (Å²) in [6.07, 6.45) is -8.06. The summed E-state index contributed by atoms with van der Waals surface area (Å²) >= 11 is 0. The van der Waals surface area contributed by atoms with E-state index in [2.05, 4.69) is 39.8 Å². The molecule has 0 radical (unpaired) electrons. The van der Waals surface area contributed by atoms with E-state index in [1.807, 2.05) is 6.07 Å². The maximum Gasteiger partial charge on any atom is 0.490 e. The largest absolute Gasteiger partial charge is 0.490 e. The van der Waals surface area contributed by atoms with Crippen molar-refractivity contribution in [1.82, 2.24) is 19.7 Å². The highest BCUT2D eigenvalue weighted by Crippen LogP contribution is 2.26. The summed E-state index contributed by atoms with van der Waals surface area (Å²) in [5.41, 5.74) is 1.15. The van der Waals surface area contributed by atoms with Gasteiger partial charge in [-0.15, -0.1) is 0 Å². The first-order valence-corrected chi connectivity index (χ1v) is 10.9. The average Bonchev–Trinajstić information content (AvgIpc) is 3.20. The van der Waals surface area contributed by atoms with Crippen LogP contribution in [0.4, 0.5) is 26.3 Å². The third kappa shape index (κ3) is 11.5. The molecule has 2 aliphatic heterocycles. The van der Waals surface area contributed by atoms with Gasteiger partial charge >= 0.3 is 24.3 Å². The lowest BCUT2D eigenvalue weighted by molar-refractivity contribution is -0.193. The second kappa shape index (κ2) is 14.3. The Bertz CT molecular complexity index is 847. The van der Waals surface area contributed by atoms with E-state index in [4.69, 9.17) is 29.3 Å². The van der Waals surface area contributed by atoms with Crippen LogP contribution in [0.3, 0.4) is 0 Å². The monoisotopic (exact) mass is 548 g/mol. The Morgan fingerprint density at radius 3 is 2.19 bits per heavy atom. The number of carboxylic acids is 2. The van der Waals surface area contributed by atoms with E-state index < -0.39 is 24.3 Å². The number of aliphatic carboxylic acids is 2. The van der Waals surface area contributed by atoms with Gasteiger partial charge in [0.1, 0.15) is 0 Å². The normalized spacial score (nSPS) is 20.3. The van der Waals surface area contributed by atoms with E-state index in [9.17, 15) is 26.3 Å². The summed E-state index contributed by atoms with van der Waals surface area (Å²) < 4.78 is 74.9. The molecule has 0 amide bonds. The number of carbonyl (C=O) groups is 2. The molecule has 0 aromatic carbocycles. The van der Waals surface area contributed by atoms with Crippen molar-refractivity contribution >= 4 is 11.9 Å². The number of aromatic nitrogens is 1. The third-order valence-electron chi connectivity index (χ3n) is 5.25. The zero-order valence-corrected chi connectivity index (χ0v) is 20.4. The molecular weight excluding hydrogens is 518 g/mol. The van der Waals surface area contributed by atoms with Crippen molar-refractivity contribution in [3.05, 3.63) is 23.9 Å². The number of hydrogen-bond donors (Lipinski definition) is 2. The van der Waals surface area contributed by atoms with E-state index >= 15 is 0 Å². The number of carboxylic acid groups (broad SMARTS) is 2. The number of pyridine rings is 1. The Morgan fingerprint density at radius 1 is 1.14 bits per heavy atom. The van der Waals surface area contributed by atoms with Gasteiger partial charge in [-0.05, 0) is 20.2 Å². The molecule has 2 N–H and O–H groups in total. The van der Waals surface area contributed by atoms with Gasteiger partial charge in [0.25, 0.3) is 0 Å². The second-order valence-electron chi connectivity index (χ2n) is 8.29. The number of likely N-dealkylation sites (tertiary alicyclic amines) is 1. The molecule has 0 aliphatic carbocycles. The number of methoxy groups -OCH3 is 1. The molecule has 2 fully saturated rings. The molecule has 0 bridgehead atoms. The SMILES string of the molecule is COc1ncccc1CN1C[C@@H]2OCCN(CCN(C)C)[C@@H]2C1.O=C(O)C(F)(F)F.O=C(O)C(F)(F)F. The number of nitrogens with zero attached hydrogens (tertiary/aromatic N) is 4. The average molecular weight is 548 g/mol. The zero-order chi connectivity index (χ0) is 28.4. The first kappa shape index (κ1) is 32.3. The number of fused-ring (bicyclic) bond motifs is 1. The molecular formula is C21H30F6N4O6. The van der Waals surface area contributed by atoms with Gasteiger partial charge in [0, 0.05) is 57.1 Å². The van der Waals surface area contributed by atoms with Gasteiger partial charge in [0.05, 0.1) is 19.8 Å². The molecule has 1 aromatic rings. The summed E-state index contributed by atoms with van der Waals surface area (Å²) in [4.78, 5) is 29.4. The quantitative estimate of drug-likeness (QED) is 0.510. The maximum absolute atomic E-state index is 10.6. The van der Waals surface area contributed by atoms with E-state index in [0.29, 0.717) is 12.1 Å². The van der Waals surface area contributed by atoms with Crippen molar-refractivity contribution in [3.8, 4) is 5.88 Å². The minimum Gasteiger partial charge on any atom is -0.481 e. The van der Waals surface area contributed by atoms with Crippen molar-refractivity contribution in [2.24, 2.45) is 0 Å². The van der Waals surface area contributed by atoms with Crippen LogP contribution in [0.25, 0.3) is 0 Å². The Kier molecular flexibility index (Phi) is 12.5. The van der Waals surface area contributed by atoms with Crippen LogP contribution in [-0.2, 0) is 20.9 Å². The number of hydrogen-bond acceptors (Lipinski definition) is 8. The van der Waals surface area contributed by atoms with Crippen molar-refractivity contribution in [2.45, 2.75) is 31.0 Å². The van der Waals surface area contributed by atoms with Gasteiger partial charge in [0.2, 0.25) is 5.88 Å². The third-order valence-corrected chi connectivity index (χ3v) is 5.25. The lowest BCUT2D eigenvalue weighted by Crippen LogP contribution is -2.52. The van der Waals surface area contributed by atoms with Crippen LogP contribution in [0.15, 0.2) is 18.3 Å². The summed E-state index contributed by atoms with van der Waals surface area (Å²) in [5, 5.41) is 14.2. The molecule has 0 unspecified atom stereocenters. The molecule has 2 atom stereocenters. The van der Waals surface area contributed by atoms with Gasteiger partial charge < -0.3 is 24.6 Å². The van der Waals surface area contributed by atoms with Crippen molar-refractivity contribution in [2.75, 3.05) is 60.5 Å². The molecule has 37 heavy (non-hydrogen) atoms. The van der Waals surface area contributed by atoms with Gasteiger partial charge in [0.15, 0.2) is 0 Å².